The molecule has 0 spiro atoms. The molecule has 0 radical (unpaired) electrons. The second-order valence-electron chi connectivity index (χ2n) is 9.06. The highest BCUT2D eigenvalue weighted by Crippen LogP contribution is 2.46. The van der Waals surface area contributed by atoms with Crippen molar-refractivity contribution in [1.82, 2.24) is 10.2 Å². The van der Waals surface area contributed by atoms with Gasteiger partial charge in [-0.05, 0) is 95.0 Å². The van der Waals surface area contributed by atoms with Crippen LogP contribution in [-0.4, -0.2) is 28.4 Å². The molecule has 0 unspecified atom stereocenters. The van der Waals surface area contributed by atoms with Crippen LogP contribution < -0.4 is 4.74 Å². The maximum Gasteiger partial charge on any atom is 0.328 e. The highest BCUT2D eigenvalue weighted by Gasteiger charge is 2.28. The van der Waals surface area contributed by atoms with Gasteiger partial charge < -0.3 is 9.84 Å². The minimum Gasteiger partial charge on any atom is -0.497 e. The van der Waals surface area contributed by atoms with E-state index in [2.05, 4.69) is 59.6 Å². The van der Waals surface area contributed by atoms with Gasteiger partial charge in [-0.25, -0.2) is 4.79 Å². The molecule has 35 heavy (non-hydrogen) atoms. The van der Waals surface area contributed by atoms with Gasteiger partial charge in [0.2, 0.25) is 0 Å². The molecule has 1 saturated carbocycles. The van der Waals surface area contributed by atoms with Gasteiger partial charge in [0.05, 0.1) is 18.8 Å². The van der Waals surface area contributed by atoms with Gasteiger partial charge in [-0.3, -0.25) is 5.10 Å². The summed E-state index contributed by atoms with van der Waals surface area (Å²) >= 11 is 0. The number of hydrogen-bond donors (Lipinski definition) is 2. The number of allylic oxidation sites excluding steroid dienone is 1. The Morgan fingerprint density at radius 3 is 2.49 bits per heavy atom. The number of carboxylic acids is 1. The van der Waals surface area contributed by atoms with Crippen LogP contribution in [0, 0.1) is 12.8 Å². The molecule has 3 aromatic carbocycles. The molecule has 1 aromatic heterocycles. The van der Waals surface area contributed by atoms with Gasteiger partial charge in [-0.1, -0.05) is 42.8 Å². The zero-order valence-electron chi connectivity index (χ0n) is 19.9. The maximum absolute atomic E-state index is 10.9. The number of nitrogens with zero attached hydrogens (tertiary/aromatic N) is 1. The lowest BCUT2D eigenvalue weighted by atomic mass is 9.72. The van der Waals surface area contributed by atoms with Gasteiger partial charge in [0.1, 0.15) is 5.75 Å². The summed E-state index contributed by atoms with van der Waals surface area (Å²) in [6.45, 7) is 2.15. The molecule has 0 aliphatic heterocycles. The Hall–Kier alpha value is -4.12. The average molecular weight is 465 g/mol. The molecule has 1 fully saturated rings. The molecular weight excluding hydrogens is 436 g/mol. The molecule has 176 valence electrons. The number of aromatic amines is 1. The number of ether oxygens (including phenoxy) is 1. The van der Waals surface area contributed by atoms with Crippen LogP contribution in [-0.2, 0) is 4.79 Å². The van der Waals surface area contributed by atoms with Crippen LogP contribution in [0.15, 0.2) is 72.9 Å². The summed E-state index contributed by atoms with van der Waals surface area (Å²) in [6, 6.07) is 20.9. The number of hydrogen-bond acceptors (Lipinski definition) is 3. The van der Waals surface area contributed by atoms with Crippen molar-refractivity contribution in [1.29, 1.82) is 0 Å². The van der Waals surface area contributed by atoms with Gasteiger partial charge in [0, 0.05) is 11.5 Å². The van der Waals surface area contributed by atoms with Crippen LogP contribution in [0.3, 0.4) is 0 Å². The fraction of sp³-hybridized carbons (Fsp3) is 0.200. The van der Waals surface area contributed by atoms with Gasteiger partial charge in [0.25, 0.3) is 0 Å². The first-order chi connectivity index (χ1) is 17.0. The van der Waals surface area contributed by atoms with Crippen LogP contribution in [0.2, 0.25) is 0 Å². The number of carboxylic acid groups (broad SMARTS) is 1. The molecular formula is C30H28N2O3. The largest absolute Gasteiger partial charge is 0.497 e. The lowest BCUT2D eigenvalue weighted by Crippen LogP contribution is -2.16. The molecule has 0 atom stereocenters. The highest BCUT2D eigenvalue weighted by atomic mass is 16.5. The summed E-state index contributed by atoms with van der Waals surface area (Å²) in [7, 11) is 1.70. The molecule has 1 aliphatic rings. The van der Waals surface area contributed by atoms with Crippen molar-refractivity contribution in [3.8, 4) is 5.75 Å². The number of aliphatic carboxylic acids is 1. The van der Waals surface area contributed by atoms with E-state index in [4.69, 9.17) is 9.84 Å². The number of aromatic nitrogens is 2. The summed E-state index contributed by atoms with van der Waals surface area (Å²) in [5.74, 6) is 0.379. The van der Waals surface area contributed by atoms with E-state index >= 15 is 0 Å². The lowest BCUT2D eigenvalue weighted by molar-refractivity contribution is -0.131. The smallest absolute Gasteiger partial charge is 0.328 e. The van der Waals surface area contributed by atoms with Gasteiger partial charge >= 0.3 is 5.97 Å². The maximum atomic E-state index is 10.9. The highest BCUT2D eigenvalue weighted by molar-refractivity contribution is 6.02. The molecule has 4 aromatic rings. The molecule has 0 saturated heterocycles. The standard InChI is InChI=1S/C30H28N2O3/c1-19-16-25(35-2)12-13-26(19)30(21-4-3-5-21)29(23-11-14-27-24(17-23)18-31-32-27)22-9-6-20(7-10-22)8-15-28(33)34/h6-18,21H,3-5H2,1-2H3,(H,31,32)(H,33,34)/b15-8+,30-29+. The molecule has 2 N–H and O–H groups in total. The number of rotatable bonds is 7. The van der Waals surface area contributed by atoms with E-state index in [9.17, 15) is 4.79 Å². The van der Waals surface area contributed by atoms with E-state index in [1.54, 1.807) is 13.2 Å². The SMILES string of the molecule is COc1ccc(/C(=C(\c2ccc(/C=C/C(=O)O)cc2)c2ccc3[nH]ncc3c2)C2CCC2)c(C)c1. The number of H-pyrrole nitrogens is 1. The second-order valence-corrected chi connectivity index (χ2v) is 9.06. The van der Waals surface area contributed by atoms with Crippen LogP contribution >= 0.6 is 0 Å². The molecule has 1 aliphatic carbocycles. The van der Waals surface area contributed by atoms with E-state index in [-0.39, 0.29) is 0 Å². The van der Waals surface area contributed by atoms with Gasteiger partial charge in [0.15, 0.2) is 0 Å². The Balaban J connectivity index is 1.74. The van der Waals surface area contributed by atoms with Crippen molar-refractivity contribution in [2.75, 3.05) is 7.11 Å². The molecule has 0 bridgehead atoms. The quantitative estimate of drug-likeness (QED) is 0.235. The first kappa shape index (κ1) is 22.7. The third kappa shape index (κ3) is 4.62. The number of aryl methyl sites for hydroxylation is 1. The van der Waals surface area contributed by atoms with Crippen molar-refractivity contribution >= 4 is 34.1 Å². The lowest BCUT2D eigenvalue weighted by Gasteiger charge is -2.32. The predicted molar refractivity (Wildman–Crippen MR) is 140 cm³/mol. The summed E-state index contributed by atoms with van der Waals surface area (Å²) in [5, 5.41) is 17.3. The summed E-state index contributed by atoms with van der Waals surface area (Å²) < 4.78 is 5.48. The molecule has 5 rings (SSSR count). The summed E-state index contributed by atoms with van der Waals surface area (Å²) in [5.41, 5.74) is 9.11. The fourth-order valence-electron chi connectivity index (χ4n) is 4.83. The Kier molecular flexibility index (Phi) is 6.23. The monoisotopic (exact) mass is 464 g/mol. The fourth-order valence-corrected chi connectivity index (χ4v) is 4.83. The Bertz CT molecular complexity index is 1440. The topological polar surface area (TPSA) is 75.2 Å². The van der Waals surface area contributed by atoms with Crippen molar-refractivity contribution in [3.63, 3.8) is 0 Å². The molecule has 5 nitrogen and oxygen atoms in total. The Morgan fingerprint density at radius 2 is 1.83 bits per heavy atom. The van der Waals surface area contributed by atoms with E-state index < -0.39 is 5.97 Å². The van der Waals surface area contributed by atoms with Crippen molar-refractivity contribution in [3.05, 3.63) is 101 Å². The van der Waals surface area contributed by atoms with Gasteiger partial charge in [-0.15, -0.1) is 0 Å². The number of benzene rings is 3. The van der Waals surface area contributed by atoms with Crippen molar-refractivity contribution in [2.45, 2.75) is 26.2 Å². The minimum atomic E-state index is -0.953. The van der Waals surface area contributed by atoms with Gasteiger partial charge in [-0.2, -0.15) is 5.10 Å². The second kappa shape index (κ2) is 9.63. The number of fused-ring (bicyclic) bond motifs is 1. The Morgan fingerprint density at radius 1 is 1.06 bits per heavy atom. The van der Waals surface area contributed by atoms with E-state index in [0.717, 1.165) is 46.2 Å². The van der Waals surface area contributed by atoms with Crippen molar-refractivity contribution in [2.24, 2.45) is 5.92 Å². The van der Waals surface area contributed by atoms with Crippen LogP contribution in [0.25, 0.3) is 28.1 Å². The zero-order valence-corrected chi connectivity index (χ0v) is 19.9. The van der Waals surface area contributed by atoms with Crippen molar-refractivity contribution < 1.29 is 14.6 Å². The molecule has 1 heterocycles. The van der Waals surface area contributed by atoms with Crippen LogP contribution in [0.5, 0.6) is 5.75 Å². The molecule has 5 heteroatoms. The zero-order chi connectivity index (χ0) is 24.4. The summed E-state index contributed by atoms with van der Waals surface area (Å²) in [6.07, 6.45) is 8.20. The first-order valence-corrected chi connectivity index (χ1v) is 11.9. The van der Waals surface area contributed by atoms with Crippen LogP contribution in [0.1, 0.15) is 47.1 Å². The number of methoxy groups -OCH3 is 1. The number of nitrogens with one attached hydrogen (secondary N) is 1. The first-order valence-electron chi connectivity index (χ1n) is 11.9. The third-order valence-electron chi connectivity index (χ3n) is 6.85. The molecule has 0 amide bonds. The minimum absolute atomic E-state index is 0.476. The normalized spacial score (nSPS) is 14.7. The van der Waals surface area contributed by atoms with E-state index in [1.807, 2.05) is 24.4 Å². The number of carbonyl (C=O) groups is 1. The average Bonchev–Trinajstić information content (AvgIpc) is 3.30. The third-order valence-corrected chi connectivity index (χ3v) is 6.85. The predicted octanol–water partition coefficient (Wildman–Crippen LogP) is 6.74. The Labute approximate surface area is 204 Å². The summed E-state index contributed by atoms with van der Waals surface area (Å²) in [4.78, 5) is 10.9. The van der Waals surface area contributed by atoms with Crippen LogP contribution in [0.4, 0.5) is 0 Å². The van der Waals surface area contributed by atoms with E-state index in [1.165, 1.54) is 34.8 Å². The van der Waals surface area contributed by atoms with E-state index in [0.29, 0.717) is 5.92 Å².